The van der Waals surface area contributed by atoms with Gasteiger partial charge in [0.05, 0.1) is 18.5 Å². The summed E-state index contributed by atoms with van der Waals surface area (Å²) in [5.41, 5.74) is 6.77. The van der Waals surface area contributed by atoms with Crippen molar-refractivity contribution in [1.82, 2.24) is 20.2 Å². The Hall–Kier alpha value is -3.66. The van der Waals surface area contributed by atoms with E-state index in [1.54, 1.807) is 6.20 Å². The van der Waals surface area contributed by atoms with E-state index in [9.17, 15) is 19.5 Å². The molecule has 1 aliphatic carbocycles. The lowest BCUT2D eigenvalue weighted by molar-refractivity contribution is -0.146. The topological polar surface area (TPSA) is 151 Å². The van der Waals surface area contributed by atoms with Crippen LogP contribution in [-0.2, 0) is 27.2 Å². The Balaban J connectivity index is 1.86. The number of likely N-dealkylation sites (N-methyl/N-ethyl adjacent to an activating group) is 1. The Labute approximate surface area is 255 Å². The highest BCUT2D eigenvalue weighted by Crippen LogP contribution is 2.30. The maximum atomic E-state index is 14.1. The number of carbonyl (C=O) groups is 3. The number of benzene rings is 1. The first kappa shape index (κ1) is 33.8. The SMILES string of the molecule is C=C[C@@H](C[C@H](O)[C@H](CC1CCCCC1)NC(=O)[C@@H](Cc1cnc[nH]1)N(C)C(=O)[C@H](Cc1ccccc1)OC(N)=O)C(C)C. The Bertz CT molecular complexity index is 1150. The van der Waals surface area contributed by atoms with Gasteiger partial charge in [-0.25, -0.2) is 9.78 Å². The fraction of sp³-hybridized carbons (Fsp3) is 0.576. The van der Waals surface area contributed by atoms with Crippen LogP contribution >= 0.6 is 0 Å². The van der Waals surface area contributed by atoms with E-state index < -0.39 is 42.2 Å². The van der Waals surface area contributed by atoms with Crippen molar-refractivity contribution in [3.05, 3.63) is 66.8 Å². The zero-order chi connectivity index (χ0) is 31.4. The van der Waals surface area contributed by atoms with Crippen LogP contribution in [0.25, 0.3) is 0 Å². The summed E-state index contributed by atoms with van der Waals surface area (Å²) >= 11 is 0. The lowest BCUT2D eigenvalue weighted by atomic mass is 9.81. The van der Waals surface area contributed by atoms with E-state index in [1.165, 1.54) is 24.7 Å². The number of ether oxygens (including phenoxy) is 1. The van der Waals surface area contributed by atoms with Crippen LogP contribution in [0.15, 0.2) is 55.5 Å². The summed E-state index contributed by atoms with van der Waals surface area (Å²) in [5, 5.41) is 14.6. The molecule has 0 saturated heterocycles. The summed E-state index contributed by atoms with van der Waals surface area (Å²) in [6.45, 7) is 8.14. The largest absolute Gasteiger partial charge is 0.436 e. The summed E-state index contributed by atoms with van der Waals surface area (Å²) < 4.78 is 5.25. The second-order valence-electron chi connectivity index (χ2n) is 12.2. The number of carbonyl (C=O) groups excluding carboxylic acids is 3. The fourth-order valence-corrected chi connectivity index (χ4v) is 6.00. The molecule has 1 saturated carbocycles. The maximum Gasteiger partial charge on any atom is 0.405 e. The van der Waals surface area contributed by atoms with Crippen LogP contribution in [0.2, 0.25) is 0 Å². The summed E-state index contributed by atoms with van der Waals surface area (Å²) in [6.07, 6.45) is 8.92. The molecule has 0 radical (unpaired) electrons. The number of rotatable bonds is 16. The molecule has 3 amide bonds. The van der Waals surface area contributed by atoms with Crippen molar-refractivity contribution >= 4 is 17.9 Å². The molecule has 236 valence electrons. The number of aromatic nitrogens is 2. The van der Waals surface area contributed by atoms with Gasteiger partial charge in [0.25, 0.3) is 5.91 Å². The molecule has 1 aliphatic rings. The molecule has 0 spiro atoms. The second kappa shape index (κ2) is 16.8. The number of H-pyrrole nitrogens is 1. The number of aliphatic hydroxyl groups is 1. The van der Waals surface area contributed by atoms with E-state index in [2.05, 4.69) is 35.7 Å². The third kappa shape index (κ3) is 10.5. The lowest BCUT2D eigenvalue weighted by Gasteiger charge is -2.35. The number of aromatic amines is 1. The van der Waals surface area contributed by atoms with Crippen LogP contribution in [0.5, 0.6) is 0 Å². The van der Waals surface area contributed by atoms with Gasteiger partial charge in [-0.05, 0) is 36.2 Å². The number of hydrogen-bond donors (Lipinski definition) is 4. The van der Waals surface area contributed by atoms with E-state index in [0.29, 0.717) is 30.4 Å². The molecular weight excluding hydrogens is 546 g/mol. The number of allylic oxidation sites excluding steroid dienone is 1. The Morgan fingerprint density at radius 2 is 1.88 bits per heavy atom. The fourth-order valence-electron chi connectivity index (χ4n) is 6.00. The average molecular weight is 596 g/mol. The molecule has 10 heteroatoms. The van der Waals surface area contributed by atoms with Gasteiger partial charge in [-0.3, -0.25) is 9.59 Å². The second-order valence-corrected chi connectivity index (χ2v) is 12.2. The molecule has 2 aromatic rings. The van der Waals surface area contributed by atoms with E-state index in [-0.39, 0.29) is 18.8 Å². The van der Waals surface area contributed by atoms with Gasteiger partial charge in [-0.2, -0.15) is 0 Å². The maximum absolute atomic E-state index is 14.1. The minimum absolute atomic E-state index is 0.0930. The van der Waals surface area contributed by atoms with E-state index >= 15 is 0 Å². The van der Waals surface area contributed by atoms with E-state index in [4.69, 9.17) is 10.5 Å². The first-order chi connectivity index (χ1) is 20.6. The van der Waals surface area contributed by atoms with Crippen LogP contribution in [0.3, 0.4) is 0 Å². The van der Waals surface area contributed by atoms with Crippen LogP contribution < -0.4 is 11.1 Å². The van der Waals surface area contributed by atoms with Crippen molar-refractivity contribution in [3.8, 4) is 0 Å². The van der Waals surface area contributed by atoms with Crippen LogP contribution in [-0.4, -0.2) is 69.2 Å². The molecule has 0 aliphatic heterocycles. The Morgan fingerprint density at radius 3 is 2.47 bits per heavy atom. The minimum atomic E-state index is -1.22. The van der Waals surface area contributed by atoms with Crippen LogP contribution in [0.4, 0.5) is 4.79 Å². The van der Waals surface area contributed by atoms with Gasteiger partial charge in [0, 0.05) is 31.8 Å². The highest BCUT2D eigenvalue weighted by molar-refractivity contribution is 5.90. The standard InChI is InChI=1S/C33H49N5O5/c1-5-25(22(2)3)18-29(39)27(16-23-12-8-6-9-13-23)37-31(40)28(19-26-20-35-21-36-26)38(4)32(41)30(43-33(34)42)17-24-14-10-7-11-15-24/h5,7,10-11,14-15,20-23,25,27-30,39H,1,6,8-9,12-13,16-19H2,2-4H3,(H2,34,42)(H,35,36)(H,37,40)/t25-,27-,28+,29-,30-/m0/s1. The summed E-state index contributed by atoms with van der Waals surface area (Å²) in [6, 6.07) is 7.69. The van der Waals surface area contributed by atoms with Gasteiger partial charge in [0.2, 0.25) is 5.91 Å². The van der Waals surface area contributed by atoms with Gasteiger partial charge in [-0.1, -0.05) is 82.4 Å². The molecule has 0 bridgehead atoms. The van der Waals surface area contributed by atoms with E-state index in [0.717, 1.165) is 31.2 Å². The number of hydrogen-bond acceptors (Lipinski definition) is 6. The molecule has 5 atom stereocenters. The van der Waals surface area contributed by atoms with Gasteiger partial charge in [0.15, 0.2) is 6.10 Å². The van der Waals surface area contributed by atoms with Crippen molar-refractivity contribution in [2.75, 3.05) is 7.05 Å². The number of nitrogens with two attached hydrogens (primary N) is 1. The van der Waals surface area contributed by atoms with Crippen LogP contribution in [0, 0.1) is 17.8 Å². The van der Waals surface area contributed by atoms with Crippen molar-refractivity contribution in [3.63, 3.8) is 0 Å². The smallest absolute Gasteiger partial charge is 0.405 e. The minimum Gasteiger partial charge on any atom is -0.436 e. The summed E-state index contributed by atoms with van der Waals surface area (Å²) in [7, 11) is 1.52. The summed E-state index contributed by atoms with van der Waals surface area (Å²) in [5.74, 6) is -0.169. The average Bonchev–Trinajstić information content (AvgIpc) is 3.51. The first-order valence-corrected chi connectivity index (χ1v) is 15.4. The molecule has 43 heavy (non-hydrogen) atoms. The molecule has 1 aromatic heterocycles. The number of aliphatic hydroxyl groups excluding tert-OH is 1. The number of nitrogens with one attached hydrogen (secondary N) is 2. The van der Waals surface area contributed by atoms with Gasteiger partial charge >= 0.3 is 6.09 Å². The molecule has 1 heterocycles. The number of imidazole rings is 1. The molecule has 1 aromatic carbocycles. The molecule has 0 unspecified atom stereocenters. The predicted molar refractivity (Wildman–Crippen MR) is 166 cm³/mol. The molecule has 10 nitrogen and oxygen atoms in total. The van der Waals surface area contributed by atoms with E-state index in [1.807, 2.05) is 36.4 Å². The van der Waals surface area contributed by atoms with Crippen molar-refractivity contribution in [1.29, 1.82) is 0 Å². The summed E-state index contributed by atoms with van der Waals surface area (Å²) in [4.78, 5) is 48.0. The quantitative estimate of drug-likeness (QED) is 0.214. The zero-order valence-electron chi connectivity index (χ0n) is 25.8. The van der Waals surface area contributed by atoms with Crippen molar-refractivity contribution in [2.45, 2.75) is 95.9 Å². The predicted octanol–water partition coefficient (Wildman–Crippen LogP) is 4.15. The Morgan fingerprint density at radius 1 is 1.19 bits per heavy atom. The zero-order valence-corrected chi connectivity index (χ0v) is 25.8. The number of primary amides is 1. The van der Waals surface area contributed by atoms with Crippen molar-refractivity contribution < 1.29 is 24.2 Å². The monoisotopic (exact) mass is 595 g/mol. The van der Waals surface area contributed by atoms with Crippen LogP contribution in [0.1, 0.15) is 70.1 Å². The van der Waals surface area contributed by atoms with Gasteiger partial charge in [-0.15, -0.1) is 6.58 Å². The lowest BCUT2D eigenvalue weighted by Crippen LogP contribution is -2.56. The third-order valence-corrected chi connectivity index (χ3v) is 8.66. The molecule has 5 N–H and O–H groups in total. The van der Waals surface area contributed by atoms with Gasteiger partial charge < -0.3 is 30.8 Å². The Kier molecular flexibility index (Phi) is 13.3. The normalized spacial score (nSPS) is 17.3. The van der Waals surface area contributed by atoms with Gasteiger partial charge in [0.1, 0.15) is 6.04 Å². The third-order valence-electron chi connectivity index (χ3n) is 8.66. The number of amides is 3. The highest BCUT2D eigenvalue weighted by atomic mass is 16.6. The molecule has 1 fully saturated rings. The first-order valence-electron chi connectivity index (χ1n) is 15.4. The van der Waals surface area contributed by atoms with Crippen molar-refractivity contribution in [2.24, 2.45) is 23.5 Å². The molecule has 3 rings (SSSR count). The highest BCUT2D eigenvalue weighted by Gasteiger charge is 2.36. The molecular formula is C33H49N5O5. The number of nitrogens with zero attached hydrogens (tertiary/aromatic N) is 2.